The molecule has 2 nitrogen and oxygen atoms in total. The van der Waals surface area contributed by atoms with Crippen LogP contribution >= 0.6 is 11.6 Å². The average Bonchev–Trinajstić information content (AvgIpc) is 2.32. The molecule has 1 heterocycles. The molecule has 0 bridgehead atoms. The van der Waals surface area contributed by atoms with Crippen molar-refractivity contribution in [3.63, 3.8) is 0 Å². The van der Waals surface area contributed by atoms with Gasteiger partial charge in [0.15, 0.2) is 0 Å². The maximum absolute atomic E-state index is 13.1. The van der Waals surface area contributed by atoms with Gasteiger partial charge in [-0.3, -0.25) is 0 Å². The summed E-state index contributed by atoms with van der Waals surface area (Å²) in [7, 11) is 0. The van der Waals surface area contributed by atoms with Crippen LogP contribution in [0.3, 0.4) is 0 Å². The third-order valence-electron chi connectivity index (χ3n) is 2.46. The van der Waals surface area contributed by atoms with Gasteiger partial charge >= 0.3 is 6.18 Å². The molecular formula is C13H8ClF4NO. The molecule has 0 aliphatic heterocycles. The molecule has 0 saturated heterocycles. The molecule has 0 spiro atoms. The van der Waals surface area contributed by atoms with Crippen LogP contribution in [0.5, 0.6) is 11.6 Å². The van der Waals surface area contributed by atoms with E-state index in [4.69, 9.17) is 16.3 Å². The first kappa shape index (κ1) is 14.6. The summed E-state index contributed by atoms with van der Waals surface area (Å²) in [6.07, 6.45) is -4.57. The lowest BCUT2D eigenvalue weighted by Gasteiger charge is -2.11. The minimum absolute atomic E-state index is 0.0768. The lowest BCUT2D eigenvalue weighted by Crippen LogP contribution is -2.06. The van der Waals surface area contributed by atoms with Crippen LogP contribution in [-0.2, 0) is 6.18 Å². The van der Waals surface area contributed by atoms with E-state index in [0.717, 1.165) is 6.07 Å². The lowest BCUT2D eigenvalue weighted by molar-refractivity contribution is -0.137. The van der Waals surface area contributed by atoms with Crippen LogP contribution in [-0.4, -0.2) is 4.98 Å². The third-order valence-corrected chi connectivity index (χ3v) is 2.66. The zero-order chi connectivity index (χ0) is 14.9. The van der Waals surface area contributed by atoms with Gasteiger partial charge in [0.25, 0.3) is 0 Å². The fourth-order valence-electron chi connectivity index (χ4n) is 1.49. The normalized spacial score (nSPS) is 11.5. The lowest BCUT2D eigenvalue weighted by atomic mass is 10.2. The van der Waals surface area contributed by atoms with Crippen molar-refractivity contribution < 1.29 is 22.3 Å². The second-order valence-electron chi connectivity index (χ2n) is 4.03. The van der Waals surface area contributed by atoms with Crippen LogP contribution in [0.1, 0.15) is 11.1 Å². The van der Waals surface area contributed by atoms with Crippen LogP contribution in [0.25, 0.3) is 0 Å². The number of hydrogen-bond donors (Lipinski definition) is 0. The number of benzene rings is 1. The van der Waals surface area contributed by atoms with Crippen molar-refractivity contribution in [2.45, 2.75) is 13.1 Å². The summed E-state index contributed by atoms with van der Waals surface area (Å²) in [5.41, 5.74) is -0.428. The summed E-state index contributed by atoms with van der Waals surface area (Å²) in [6.45, 7) is 1.63. The van der Waals surface area contributed by atoms with Crippen molar-refractivity contribution in [1.29, 1.82) is 0 Å². The fraction of sp³-hybridized carbons (Fsp3) is 0.154. The average molecular weight is 306 g/mol. The van der Waals surface area contributed by atoms with E-state index >= 15 is 0 Å². The van der Waals surface area contributed by atoms with Gasteiger partial charge in [-0.25, -0.2) is 9.37 Å². The minimum Gasteiger partial charge on any atom is -0.439 e. The Kier molecular flexibility index (Phi) is 3.85. The van der Waals surface area contributed by atoms with Crippen molar-refractivity contribution >= 4 is 11.6 Å². The Hall–Kier alpha value is -1.82. The molecule has 2 aromatic rings. The standard InChI is InChI=1S/C13H8ClF4NO/c1-7-2-3-9(15)6-10(7)20-12-5-8(13(16,17)18)4-11(14)19-12/h2-6H,1H3. The van der Waals surface area contributed by atoms with Gasteiger partial charge in [0.1, 0.15) is 16.7 Å². The van der Waals surface area contributed by atoms with Crippen LogP contribution < -0.4 is 4.74 Å². The number of ether oxygens (including phenoxy) is 1. The van der Waals surface area contributed by atoms with E-state index in [2.05, 4.69) is 4.98 Å². The Balaban J connectivity index is 2.39. The Bertz CT molecular complexity index is 643. The van der Waals surface area contributed by atoms with E-state index in [1.807, 2.05) is 0 Å². The van der Waals surface area contributed by atoms with Crippen molar-refractivity contribution in [3.8, 4) is 11.6 Å². The van der Waals surface area contributed by atoms with Crippen LogP contribution in [0.4, 0.5) is 17.6 Å². The molecule has 1 aromatic carbocycles. The molecule has 0 amide bonds. The van der Waals surface area contributed by atoms with E-state index in [1.165, 1.54) is 12.1 Å². The molecule has 20 heavy (non-hydrogen) atoms. The number of rotatable bonds is 2. The second-order valence-corrected chi connectivity index (χ2v) is 4.41. The molecule has 0 atom stereocenters. The third kappa shape index (κ3) is 3.39. The summed E-state index contributed by atoms with van der Waals surface area (Å²) in [4.78, 5) is 3.63. The number of nitrogens with zero attached hydrogens (tertiary/aromatic N) is 1. The summed E-state index contributed by atoms with van der Waals surface area (Å²) in [5, 5.41) is -0.358. The fourth-order valence-corrected chi connectivity index (χ4v) is 1.69. The number of aryl methyl sites for hydroxylation is 1. The summed E-state index contributed by atoms with van der Waals surface area (Å²) < 4.78 is 56.1. The first-order chi connectivity index (χ1) is 9.25. The van der Waals surface area contributed by atoms with E-state index in [0.29, 0.717) is 17.7 Å². The van der Waals surface area contributed by atoms with Crippen LogP contribution in [0.2, 0.25) is 5.15 Å². The van der Waals surface area contributed by atoms with E-state index in [-0.39, 0.29) is 16.8 Å². The summed E-state index contributed by atoms with van der Waals surface area (Å²) in [5.74, 6) is -0.838. The topological polar surface area (TPSA) is 22.1 Å². The van der Waals surface area contributed by atoms with Gasteiger partial charge in [-0.1, -0.05) is 17.7 Å². The monoisotopic (exact) mass is 305 g/mol. The van der Waals surface area contributed by atoms with E-state index in [1.54, 1.807) is 6.92 Å². The first-order valence-electron chi connectivity index (χ1n) is 5.44. The molecule has 0 aliphatic carbocycles. The Labute approximate surface area is 117 Å². The molecule has 0 N–H and O–H groups in total. The molecular weight excluding hydrogens is 298 g/mol. The zero-order valence-corrected chi connectivity index (χ0v) is 10.9. The van der Waals surface area contributed by atoms with E-state index in [9.17, 15) is 17.6 Å². The SMILES string of the molecule is Cc1ccc(F)cc1Oc1cc(C(F)(F)F)cc(Cl)n1. The highest BCUT2D eigenvalue weighted by molar-refractivity contribution is 6.29. The van der Waals surface area contributed by atoms with Gasteiger partial charge < -0.3 is 4.74 Å². The number of alkyl halides is 3. The van der Waals surface area contributed by atoms with Crippen LogP contribution in [0.15, 0.2) is 30.3 Å². The van der Waals surface area contributed by atoms with Crippen molar-refractivity contribution in [3.05, 3.63) is 52.4 Å². The predicted octanol–water partition coefficient (Wildman–Crippen LogP) is 4.99. The molecule has 0 fully saturated rings. The van der Waals surface area contributed by atoms with Crippen LogP contribution in [0, 0.1) is 12.7 Å². The van der Waals surface area contributed by atoms with Gasteiger partial charge in [-0.2, -0.15) is 13.2 Å². The molecule has 0 aliphatic rings. The maximum atomic E-state index is 13.1. The van der Waals surface area contributed by atoms with Gasteiger partial charge in [0.05, 0.1) is 5.56 Å². The summed E-state index contributed by atoms with van der Waals surface area (Å²) >= 11 is 5.53. The molecule has 7 heteroatoms. The zero-order valence-electron chi connectivity index (χ0n) is 10.1. The summed E-state index contributed by atoms with van der Waals surface area (Å²) in [6, 6.07) is 5.11. The van der Waals surface area contributed by atoms with Gasteiger partial charge in [0, 0.05) is 12.1 Å². The van der Waals surface area contributed by atoms with Gasteiger partial charge in [-0.15, -0.1) is 0 Å². The molecule has 1 aromatic heterocycles. The second kappa shape index (κ2) is 5.28. The smallest absolute Gasteiger partial charge is 0.416 e. The Morgan fingerprint density at radius 2 is 1.85 bits per heavy atom. The van der Waals surface area contributed by atoms with Crippen molar-refractivity contribution in [2.24, 2.45) is 0 Å². The van der Waals surface area contributed by atoms with E-state index < -0.39 is 17.6 Å². The Morgan fingerprint density at radius 1 is 1.15 bits per heavy atom. The molecule has 0 unspecified atom stereocenters. The highest BCUT2D eigenvalue weighted by Crippen LogP contribution is 2.34. The molecule has 2 rings (SSSR count). The number of hydrogen-bond acceptors (Lipinski definition) is 2. The largest absolute Gasteiger partial charge is 0.439 e. The first-order valence-corrected chi connectivity index (χ1v) is 5.82. The predicted molar refractivity (Wildman–Crippen MR) is 65.5 cm³/mol. The highest BCUT2D eigenvalue weighted by Gasteiger charge is 2.31. The maximum Gasteiger partial charge on any atom is 0.416 e. The van der Waals surface area contributed by atoms with Crippen molar-refractivity contribution in [2.75, 3.05) is 0 Å². The molecule has 106 valence electrons. The highest BCUT2D eigenvalue weighted by atomic mass is 35.5. The number of aromatic nitrogens is 1. The molecule has 0 radical (unpaired) electrons. The Morgan fingerprint density at radius 3 is 2.50 bits per heavy atom. The van der Waals surface area contributed by atoms with Gasteiger partial charge in [-0.05, 0) is 24.6 Å². The number of halogens is 5. The molecule has 0 saturated carbocycles. The minimum atomic E-state index is -4.57. The quantitative estimate of drug-likeness (QED) is 0.576. The number of pyridine rings is 1. The van der Waals surface area contributed by atoms with Crippen molar-refractivity contribution in [1.82, 2.24) is 4.98 Å². The van der Waals surface area contributed by atoms with Gasteiger partial charge in [0.2, 0.25) is 5.88 Å².